The maximum absolute atomic E-state index is 13.0. The van der Waals surface area contributed by atoms with Crippen molar-refractivity contribution in [2.24, 2.45) is 5.92 Å². The predicted molar refractivity (Wildman–Crippen MR) is 129 cm³/mol. The summed E-state index contributed by atoms with van der Waals surface area (Å²) in [6.45, 7) is 2.45. The van der Waals surface area contributed by atoms with Crippen LogP contribution in [-0.2, 0) is 33.4 Å². The van der Waals surface area contributed by atoms with Crippen LogP contribution in [0, 0.1) is 5.92 Å². The van der Waals surface area contributed by atoms with E-state index in [1.165, 1.54) is 0 Å². The van der Waals surface area contributed by atoms with E-state index in [2.05, 4.69) is 10.6 Å². The number of nitrogens with one attached hydrogen (secondary N) is 2. The van der Waals surface area contributed by atoms with Gasteiger partial charge in [-0.2, -0.15) is 0 Å². The van der Waals surface area contributed by atoms with Gasteiger partial charge in [-0.05, 0) is 38.1 Å². The van der Waals surface area contributed by atoms with E-state index in [9.17, 15) is 19.2 Å². The highest BCUT2D eigenvalue weighted by molar-refractivity contribution is 6.06. The molecular weight excluding hydrogens is 468 g/mol. The number of carbonyl (C=O) groups is 4. The summed E-state index contributed by atoms with van der Waals surface area (Å²) in [5.41, 5.74) is 0.824. The number of carbonyl (C=O) groups excluding carboxylic acids is 4. The first kappa shape index (κ1) is 26.0. The second-order valence-corrected chi connectivity index (χ2v) is 7.72. The molecule has 0 spiro atoms. The Labute approximate surface area is 207 Å². The highest BCUT2D eigenvalue weighted by atomic mass is 16.5. The molecule has 0 saturated carbocycles. The van der Waals surface area contributed by atoms with Crippen LogP contribution in [0.25, 0.3) is 0 Å². The van der Waals surface area contributed by atoms with Crippen LogP contribution < -0.4 is 15.4 Å². The lowest BCUT2D eigenvalue weighted by Gasteiger charge is -2.28. The van der Waals surface area contributed by atoms with Gasteiger partial charge in [-0.3, -0.25) is 9.59 Å². The highest BCUT2D eigenvalue weighted by Crippen LogP contribution is 2.32. The number of benzene rings is 2. The molecule has 10 heteroatoms. The number of esters is 3. The van der Waals surface area contributed by atoms with Crippen LogP contribution in [0.3, 0.4) is 0 Å². The summed E-state index contributed by atoms with van der Waals surface area (Å²) in [4.78, 5) is 50.3. The summed E-state index contributed by atoms with van der Waals surface area (Å²) >= 11 is 0. The van der Waals surface area contributed by atoms with E-state index < -0.39 is 36.3 Å². The lowest BCUT2D eigenvalue weighted by Crippen LogP contribution is -2.38. The molecule has 1 amide bonds. The molecule has 1 heterocycles. The molecule has 1 aliphatic heterocycles. The number of rotatable bonds is 8. The molecule has 0 bridgehead atoms. The average molecular weight is 495 g/mol. The van der Waals surface area contributed by atoms with Gasteiger partial charge in [0.05, 0.1) is 25.4 Å². The van der Waals surface area contributed by atoms with Crippen molar-refractivity contribution >= 4 is 29.5 Å². The molecular formula is C26H26N2O8. The van der Waals surface area contributed by atoms with E-state index in [-0.39, 0.29) is 11.1 Å². The van der Waals surface area contributed by atoms with Gasteiger partial charge in [0.25, 0.3) is 5.91 Å². The van der Waals surface area contributed by atoms with Gasteiger partial charge in [0, 0.05) is 23.1 Å². The summed E-state index contributed by atoms with van der Waals surface area (Å²) < 4.78 is 20.5. The fourth-order valence-corrected chi connectivity index (χ4v) is 3.67. The van der Waals surface area contributed by atoms with Crippen molar-refractivity contribution < 1.29 is 38.1 Å². The molecule has 0 unspecified atom stereocenters. The Kier molecular flexibility index (Phi) is 8.45. The Balaban J connectivity index is 1.71. The molecule has 2 aromatic carbocycles. The van der Waals surface area contributed by atoms with Gasteiger partial charge < -0.3 is 29.6 Å². The van der Waals surface area contributed by atoms with Crippen LogP contribution in [0.5, 0.6) is 11.5 Å². The third-order valence-corrected chi connectivity index (χ3v) is 5.25. The molecule has 1 aliphatic rings. The molecule has 0 fully saturated rings. The van der Waals surface area contributed by atoms with E-state index in [4.69, 9.17) is 18.9 Å². The summed E-state index contributed by atoms with van der Waals surface area (Å²) in [6.07, 6.45) is 0. The molecule has 36 heavy (non-hydrogen) atoms. The van der Waals surface area contributed by atoms with E-state index in [1.807, 2.05) is 18.2 Å². The lowest BCUT2D eigenvalue weighted by atomic mass is 9.85. The minimum Gasteiger partial charge on any atom is -0.466 e. The van der Waals surface area contributed by atoms with E-state index in [0.717, 1.165) is 14.2 Å². The molecule has 0 saturated heterocycles. The van der Waals surface area contributed by atoms with Crippen LogP contribution in [0.15, 0.2) is 77.1 Å². The molecule has 2 aromatic rings. The third kappa shape index (κ3) is 6.09. The zero-order chi connectivity index (χ0) is 26.2. The van der Waals surface area contributed by atoms with Crippen molar-refractivity contribution in [3.63, 3.8) is 0 Å². The Morgan fingerprint density at radius 2 is 1.42 bits per heavy atom. The Morgan fingerprint density at radius 3 is 2.00 bits per heavy atom. The molecule has 10 nitrogen and oxygen atoms in total. The zero-order valence-electron chi connectivity index (χ0n) is 20.2. The van der Waals surface area contributed by atoms with Gasteiger partial charge >= 0.3 is 17.9 Å². The van der Waals surface area contributed by atoms with E-state index in [1.54, 1.807) is 50.2 Å². The van der Waals surface area contributed by atoms with Gasteiger partial charge in [-0.15, -0.1) is 0 Å². The minimum absolute atomic E-state index is 0.111. The van der Waals surface area contributed by atoms with Gasteiger partial charge in [-0.1, -0.05) is 24.3 Å². The number of para-hydroxylation sites is 1. The molecule has 0 atom stereocenters. The van der Waals surface area contributed by atoms with Gasteiger partial charge in [0.2, 0.25) is 0 Å². The van der Waals surface area contributed by atoms with Crippen molar-refractivity contribution in [1.29, 1.82) is 0 Å². The van der Waals surface area contributed by atoms with Gasteiger partial charge in [-0.25, -0.2) is 9.59 Å². The number of allylic oxidation sites excluding steroid dienone is 2. The molecule has 3 rings (SSSR count). The standard InChI is InChI=1S/C26H26N2O8/c1-15-21(24(30)33-3)23(22(16(2)27-15)25(31)34-4)26(32)35-14-20(29)28-17-9-8-12-19(13-17)36-18-10-6-5-7-11-18/h5-13,23,27H,14H2,1-4H3,(H,28,29). The molecule has 0 aromatic heterocycles. The summed E-state index contributed by atoms with van der Waals surface area (Å²) in [5.74, 6) is -3.56. The Hall–Kier alpha value is -4.60. The SMILES string of the molecule is COC(=O)C1=C(C)NC(C)=C(C(=O)OC)C1C(=O)OCC(=O)Nc1cccc(Oc2ccccc2)c1. The fraction of sp³-hybridized carbons (Fsp3) is 0.231. The van der Waals surface area contributed by atoms with Crippen LogP contribution >= 0.6 is 0 Å². The van der Waals surface area contributed by atoms with Gasteiger partial charge in [0.15, 0.2) is 6.61 Å². The molecule has 0 radical (unpaired) electrons. The van der Waals surface area contributed by atoms with Gasteiger partial charge in [0.1, 0.15) is 17.4 Å². The Morgan fingerprint density at radius 1 is 0.833 bits per heavy atom. The monoisotopic (exact) mass is 494 g/mol. The minimum atomic E-state index is -1.43. The third-order valence-electron chi connectivity index (χ3n) is 5.25. The van der Waals surface area contributed by atoms with E-state index >= 15 is 0 Å². The Bertz CT molecular complexity index is 1200. The fourth-order valence-electron chi connectivity index (χ4n) is 3.67. The second kappa shape index (κ2) is 11.7. The largest absolute Gasteiger partial charge is 0.466 e. The van der Waals surface area contributed by atoms with Crippen LogP contribution in [0.4, 0.5) is 5.69 Å². The number of methoxy groups -OCH3 is 2. The first-order valence-electron chi connectivity index (χ1n) is 10.9. The smallest absolute Gasteiger partial charge is 0.336 e. The molecule has 188 valence electrons. The van der Waals surface area contributed by atoms with Crippen molar-refractivity contribution in [1.82, 2.24) is 5.32 Å². The molecule has 0 aliphatic carbocycles. The first-order valence-corrected chi connectivity index (χ1v) is 10.9. The number of hydrogen-bond acceptors (Lipinski definition) is 9. The number of dihydropyridines is 1. The number of amides is 1. The number of hydrogen-bond donors (Lipinski definition) is 2. The lowest BCUT2D eigenvalue weighted by molar-refractivity contribution is -0.152. The zero-order valence-corrected chi connectivity index (χ0v) is 20.2. The van der Waals surface area contributed by atoms with Crippen molar-refractivity contribution in [3.05, 3.63) is 77.1 Å². The topological polar surface area (TPSA) is 129 Å². The van der Waals surface area contributed by atoms with E-state index in [0.29, 0.717) is 28.6 Å². The molecule has 2 N–H and O–H groups in total. The summed E-state index contributed by atoms with van der Waals surface area (Å²) in [5, 5.41) is 5.49. The maximum Gasteiger partial charge on any atom is 0.336 e. The van der Waals surface area contributed by atoms with Crippen molar-refractivity contribution in [2.75, 3.05) is 26.1 Å². The highest BCUT2D eigenvalue weighted by Gasteiger charge is 2.42. The van der Waals surface area contributed by atoms with Crippen LogP contribution in [0.1, 0.15) is 13.8 Å². The second-order valence-electron chi connectivity index (χ2n) is 7.72. The number of ether oxygens (including phenoxy) is 4. The summed E-state index contributed by atoms with van der Waals surface area (Å²) in [6, 6.07) is 15.8. The maximum atomic E-state index is 13.0. The number of anilines is 1. The summed E-state index contributed by atoms with van der Waals surface area (Å²) in [7, 11) is 2.30. The van der Waals surface area contributed by atoms with Crippen LogP contribution in [0.2, 0.25) is 0 Å². The average Bonchev–Trinajstić information content (AvgIpc) is 2.86. The normalized spacial score (nSPS) is 13.4. The quantitative estimate of drug-likeness (QED) is 0.420. The predicted octanol–water partition coefficient (Wildman–Crippen LogP) is 3.07. The van der Waals surface area contributed by atoms with Crippen molar-refractivity contribution in [3.8, 4) is 11.5 Å². The first-order chi connectivity index (χ1) is 17.2. The van der Waals surface area contributed by atoms with Crippen molar-refractivity contribution in [2.45, 2.75) is 13.8 Å². The van der Waals surface area contributed by atoms with Crippen LogP contribution in [-0.4, -0.2) is 44.6 Å².